The Morgan fingerprint density at radius 3 is 2.60 bits per heavy atom. The van der Waals surface area contributed by atoms with E-state index in [4.69, 9.17) is 20.9 Å². The normalized spacial score (nSPS) is 30.7. The summed E-state index contributed by atoms with van der Waals surface area (Å²) in [7, 11) is 2.04. The maximum atomic E-state index is 13.1. The molecule has 2 N–H and O–H groups in total. The van der Waals surface area contributed by atoms with Crippen LogP contribution in [-0.4, -0.2) is 93.0 Å². The lowest BCUT2D eigenvalue weighted by Crippen LogP contribution is -2.52. The van der Waals surface area contributed by atoms with Crippen LogP contribution in [0.2, 0.25) is 0 Å². The van der Waals surface area contributed by atoms with Gasteiger partial charge in [-0.3, -0.25) is 9.69 Å². The molecule has 10 heteroatoms. The van der Waals surface area contributed by atoms with Crippen molar-refractivity contribution in [2.45, 2.75) is 115 Å². The molecule has 4 fully saturated rings. The van der Waals surface area contributed by atoms with Crippen LogP contribution in [-0.2, 0) is 9.53 Å². The van der Waals surface area contributed by atoms with Crippen molar-refractivity contribution in [2.24, 2.45) is 11.3 Å². The number of amides is 1. The lowest BCUT2D eigenvalue weighted by Gasteiger charge is -2.46. The number of hydrogen-bond donors (Lipinski definition) is 2. The van der Waals surface area contributed by atoms with Crippen LogP contribution < -0.4 is 4.74 Å². The van der Waals surface area contributed by atoms with E-state index in [1.165, 1.54) is 0 Å². The molecule has 0 aromatic carbocycles. The Kier molecular flexibility index (Phi) is 9.15. The number of ketones is 1. The molecule has 5 rings (SSSR count). The number of ether oxygens (including phenoxy) is 2. The first-order chi connectivity index (χ1) is 20.4. The first-order valence-corrected chi connectivity index (χ1v) is 15.9. The van der Waals surface area contributed by atoms with Crippen molar-refractivity contribution in [3.63, 3.8) is 0 Å². The molecule has 0 radical (unpaired) electrons. The monoisotopic (exact) mass is 593 g/mol. The summed E-state index contributed by atoms with van der Waals surface area (Å²) in [6, 6.07) is 1.83. The number of rotatable bonds is 6. The van der Waals surface area contributed by atoms with Crippen molar-refractivity contribution in [2.75, 3.05) is 26.7 Å². The van der Waals surface area contributed by atoms with E-state index in [-0.39, 0.29) is 41.3 Å². The molecule has 6 atom stereocenters. The Labute approximate surface area is 255 Å². The minimum absolute atomic E-state index is 0.0535. The lowest BCUT2D eigenvalue weighted by atomic mass is 9.59. The number of nitrogens with one attached hydrogen (secondary N) is 1. The van der Waals surface area contributed by atoms with Crippen molar-refractivity contribution in [1.82, 2.24) is 19.8 Å². The summed E-state index contributed by atoms with van der Waals surface area (Å²) in [6.45, 7) is 7.43. The number of likely N-dealkylation sites (tertiary alicyclic amines) is 2. The van der Waals surface area contributed by atoms with Gasteiger partial charge in [0, 0.05) is 37.4 Å². The fourth-order valence-corrected chi connectivity index (χ4v) is 7.49. The number of aliphatic hydroxyl groups is 1. The first-order valence-electron chi connectivity index (χ1n) is 15.9. The molecule has 2 saturated heterocycles. The third-order valence-corrected chi connectivity index (χ3v) is 9.85. The molecule has 4 aliphatic rings. The van der Waals surface area contributed by atoms with Gasteiger partial charge in [0.15, 0.2) is 11.9 Å². The topological polar surface area (TPSA) is 129 Å². The summed E-state index contributed by atoms with van der Waals surface area (Å²) in [4.78, 5) is 39.3. The third-order valence-electron chi connectivity index (χ3n) is 9.85. The zero-order valence-electron chi connectivity index (χ0n) is 26.1. The molecule has 43 heavy (non-hydrogen) atoms. The van der Waals surface area contributed by atoms with Crippen LogP contribution in [0.25, 0.3) is 0 Å². The first kappa shape index (κ1) is 31.4. The second-order valence-electron chi connectivity index (χ2n) is 13.9. The Morgan fingerprint density at radius 2 is 1.93 bits per heavy atom. The molecule has 2 aliphatic heterocycles. The van der Waals surface area contributed by atoms with Crippen molar-refractivity contribution >= 4 is 17.6 Å². The standard InChI is InChI=1S/C33H47N5O5/c1-6-25(24-12-10-17-37(24)5)42-27-19-23(21-14-18-38(20-21)31(41)43-32(2,3)4)35-30(36-27)28(34)22-11-9-16-33(29(22)40)15-8-7-13-26(33)39/h1,19,21-22,24-25,29,34,40H,7-18,20H2,2-5H3/t21?,22?,24-,25?,29+,33+/m0/s1. The van der Waals surface area contributed by atoms with Gasteiger partial charge in [0.2, 0.25) is 5.88 Å². The highest BCUT2D eigenvalue weighted by Crippen LogP contribution is 2.48. The molecule has 3 heterocycles. The zero-order valence-corrected chi connectivity index (χ0v) is 26.1. The quantitative estimate of drug-likeness (QED) is 0.368. The summed E-state index contributed by atoms with van der Waals surface area (Å²) in [6.07, 6.45) is 11.7. The average Bonchev–Trinajstić information content (AvgIpc) is 3.63. The third kappa shape index (κ3) is 6.58. The number of likely N-dealkylation sites (N-methyl/N-ethyl adjacent to an activating group) is 1. The van der Waals surface area contributed by atoms with E-state index in [0.717, 1.165) is 38.6 Å². The fourth-order valence-electron chi connectivity index (χ4n) is 7.49. The van der Waals surface area contributed by atoms with Gasteiger partial charge >= 0.3 is 6.09 Å². The predicted molar refractivity (Wildman–Crippen MR) is 162 cm³/mol. The summed E-state index contributed by atoms with van der Waals surface area (Å²) in [5.74, 6) is 2.73. The second kappa shape index (κ2) is 12.5. The number of aromatic nitrogens is 2. The highest BCUT2D eigenvalue weighted by molar-refractivity contribution is 5.98. The van der Waals surface area contributed by atoms with Gasteiger partial charge in [-0.1, -0.05) is 18.8 Å². The molecule has 3 unspecified atom stereocenters. The molecule has 1 spiro atoms. The van der Waals surface area contributed by atoms with E-state index < -0.39 is 29.1 Å². The second-order valence-corrected chi connectivity index (χ2v) is 13.9. The van der Waals surface area contributed by atoms with Gasteiger partial charge in [-0.25, -0.2) is 9.78 Å². The maximum Gasteiger partial charge on any atom is 0.410 e. The Morgan fingerprint density at radius 1 is 1.16 bits per heavy atom. The van der Waals surface area contributed by atoms with Gasteiger partial charge in [-0.05, 0) is 79.3 Å². The molecule has 2 aliphatic carbocycles. The van der Waals surface area contributed by atoms with Crippen molar-refractivity contribution in [3.8, 4) is 18.2 Å². The number of carbonyl (C=O) groups is 2. The van der Waals surface area contributed by atoms with Crippen molar-refractivity contribution in [3.05, 3.63) is 17.6 Å². The molecular formula is C33H47N5O5. The number of terminal acetylenes is 1. The number of Topliss-reactive ketones (excluding diaryl/α,β-unsaturated/α-hetero) is 1. The van der Waals surface area contributed by atoms with Crippen LogP contribution in [0, 0.1) is 29.1 Å². The minimum Gasteiger partial charge on any atom is -0.459 e. The van der Waals surface area contributed by atoms with Crippen LogP contribution in [0.1, 0.15) is 102 Å². The summed E-state index contributed by atoms with van der Waals surface area (Å²) in [5, 5.41) is 20.8. The van der Waals surface area contributed by atoms with E-state index >= 15 is 0 Å². The molecule has 10 nitrogen and oxygen atoms in total. The van der Waals surface area contributed by atoms with Gasteiger partial charge in [0.1, 0.15) is 11.4 Å². The number of hydrogen-bond acceptors (Lipinski definition) is 9. The predicted octanol–water partition coefficient (Wildman–Crippen LogP) is 4.33. The number of nitrogens with zero attached hydrogens (tertiary/aromatic N) is 4. The van der Waals surface area contributed by atoms with Crippen LogP contribution in [0.5, 0.6) is 5.88 Å². The van der Waals surface area contributed by atoms with Crippen LogP contribution in [0.15, 0.2) is 6.07 Å². The Balaban J connectivity index is 1.44. The fraction of sp³-hybridized carbons (Fsp3) is 0.727. The molecule has 234 valence electrons. The summed E-state index contributed by atoms with van der Waals surface area (Å²) < 4.78 is 11.9. The Bertz CT molecular complexity index is 1270. The van der Waals surface area contributed by atoms with Crippen molar-refractivity contribution < 1.29 is 24.2 Å². The van der Waals surface area contributed by atoms with E-state index in [2.05, 4.69) is 15.8 Å². The molecule has 1 aromatic heterocycles. The van der Waals surface area contributed by atoms with Crippen molar-refractivity contribution in [1.29, 1.82) is 5.41 Å². The van der Waals surface area contributed by atoms with E-state index in [1.807, 2.05) is 27.8 Å². The van der Waals surface area contributed by atoms with Crippen LogP contribution >= 0.6 is 0 Å². The largest absolute Gasteiger partial charge is 0.459 e. The van der Waals surface area contributed by atoms with Gasteiger partial charge in [-0.2, -0.15) is 4.98 Å². The lowest BCUT2D eigenvalue weighted by molar-refractivity contribution is -0.145. The molecule has 0 bridgehead atoms. The van der Waals surface area contributed by atoms with Crippen LogP contribution in [0.4, 0.5) is 4.79 Å². The molecule has 2 saturated carbocycles. The molecule has 1 aromatic rings. The highest BCUT2D eigenvalue weighted by Gasteiger charge is 2.52. The molecular weight excluding hydrogens is 546 g/mol. The highest BCUT2D eigenvalue weighted by atomic mass is 16.6. The van der Waals surface area contributed by atoms with Gasteiger partial charge in [-0.15, -0.1) is 6.42 Å². The van der Waals surface area contributed by atoms with E-state index in [9.17, 15) is 20.1 Å². The van der Waals surface area contributed by atoms with Gasteiger partial charge in [0.25, 0.3) is 0 Å². The summed E-state index contributed by atoms with van der Waals surface area (Å²) in [5.41, 5.74) is -0.595. The number of carbonyl (C=O) groups excluding carboxylic acids is 2. The van der Waals surface area contributed by atoms with E-state index in [0.29, 0.717) is 50.9 Å². The maximum absolute atomic E-state index is 13.1. The van der Waals surface area contributed by atoms with E-state index in [1.54, 1.807) is 11.0 Å². The zero-order chi connectivity index (χ0) is 30.9. The van der Waals surface area contributed by atoms with Gasteiger partial charge in [0.05, 0.1) is 29.0 Å². The van der Waals surface area contributed by atoms with Gasteiger partial charge < -0.3 is 24.9 Å². The Hall–Kier alpha value is -3.03. The molecule has 1 amide bonds. The minimum atomic E-state index is -0.946. The summed E-state index contributed by atoms with van der Waals surface area (Å²) >= 11 is 0. The van der Waals surface area contributed by atoms with Crippen LogP contribution in [0.3, 0.4) is 0 Å². The SMILES string of the molecule is C#CC(Oc1cc(C2CCN(C(=O)OC(C)(C)C)C2)nc(C(=N)C2CCC[C@@]3(CCCCC3=O)[C@@H]2O)n1)[C@@H]1CCCN1C. The average molecular weight is 594 g/mol. The number of aliphatic hydroxyl groups excluding tert-OH is 1. The smallest absolute Gasteiger partial charge is 0.410 e.